The summed E-state index contributed by atoms with van der Waals surface area (Å²) in [6, 6.07) is 12.9. The van der Waals surface area contributed by atoms with Crippen LogP contribution < -0.4 is 10.1 Å². The summed E-state index contributed by atoms with van der Waals surface area (Å²) in [4.78, 5) is 16.5. The van der Waals surface area contributed by atoms with Crippen molar-refractivity contribution in [1.29, 1.82) is 0 Å². The van der Waals surface area contributed by atoms with Gasteiger partial charge in [-0.3, -0.25) is 4.79 Å². The third-order valence-corrected chi connectivity index (χ3v) is 4.24. The fourth-order valence-electron chi connectivity index (χ4n) is 2.52. The van der Waals surface area contributed by atoms with E-state index in [-0.39, 0.29) is 12.5 Å². The number of ether oxygens (including phenoxy) is 1. The van der Waals surface area contributed by atoms with Crippen molar-refractivity contribution in [2.75, 3.05) is 0 Å². The highest BCUT2D eigenvalue weighted by molar-refractivity contribution is 6.30. The fraction of sp³-hybridized carbons (Fsp3) is 0.250. The van der Waals surface area contributed by atoms with Gasteiger partial charge in [0, 0.05) is 10.6 Å². The molecule has 3 rings (SSSR count). The molecule has 0 radical (unpaired) electrons. The standard InChI is InChI=1S/C20H20ClN3O3/c1-12-4-9-17(13(2)10-12)26-14(3)20(25)22-11-18-23-19(24-27-18)15-5-7-16(21)8-6-15/h4-10,14H,11H2,1-3H3,(H,22,25)/t14-/m1/s1. The van der Waals surface area contributed by atoms with Crippen LogP contribution in [0.25, 0.3) is 11.4 Å². The van der Waals surface area contributed by atoms with Gasteiger partial charge in [0.05, 0.1) is 6.54 Å². The molecule has 1 N–H and O–H groups in total. The molecule has 27 heavy (non-hydrogen) atoms. The Bertz CT molecular complexity index is 938. The largest absolute Gasteiger partial charge is 0.481 e. The molecule has 2 aromatic carbocycles. The number of halogens is 1. The molecule has 0 saturated carbocycles. The third-order valence-electron chi connectivity index (χ3n) is 3.99. The molecule has 0 saturated heterocycles. The fourth-order valence-corrected chi connectivity index (χ4v) is 2.65. The smallest absolute Gasteiger partial charge is 0.261 e. The maximum atomic E-state index is 12.3. The molecule has 1 aromatic heterocycles. The second kappa shape index (κ2) is 8.22. The number of hydrogen-bond acceptors (Lipinski definition) is 5. The van der Waals surface area contributed by atoms with Crippen LogP contribution in [0, 0.1) is 13.8 Å². The summed E-state index contributed by atoms with van der Waals surface area (Å²) < 4.78 is 10.9. The van der Waals surface area contributed by atoms with Gasteiger partial charge in [0.15, 0.2) is 6.10 Å². The quantitative estimate of drug-likeness (QED) is 0.691. The van der Waals surface area contributed by atoms with E-state index in [1.807, 2.05) is 32.0 Å². The van der Waals surface area contributed by atoms with Crippen LogP contribution in [-0.2, 0) is 11.3 Å². The predicted molar refractivity (Wildman–Crippen MR) is 103 cm³/mol. The van der Waals surface area contributed by atoms with Crippen molar-refractivity contribution in [3.05, 3.63) is 64.5 Å². The normalized spacial score (nSPS) is 11.9. The number of benzene rings is 2. The first-order valence-electron chi connectivity index (χ1n) is 8.52. The number of nitrogens with one attached hydrogen (secondary N) is 1. The average molecular weight is 386 g/mol. The van der Waals surface area contributed by atoms with Crippen LogP contribution in [0.1, 0.15) is 23.9 Å². The third kappa shape index (κ3) is 4.86. The second-order valence-corrected chi connectivity index (χ2v) is 6.70. The van der Waals surface area contributed by atoms with Crippen molar-refractivity contribution in [2.45, 2.75) is 33.4 Å². The Morgan fingerprint density at radius 1 is 1.22 bits per heavy atom. The van der Waals surface area contributed by atoms with E-state index in [1.54, 1.807) is 31.2 Å². The Labute approximate surface area is 162 Å². The Morgan fingerprint density at radius 3 is 2.67 bits per heavy atom. The van der Waals surface area contributed by atoms with Crippen molar-refractivity contribution in [1.82, 2.24) is 15.5 Å². The number of carbonyl (C=O) groups excluding carboxylic acids is 1. The monoisotopic (exact) mass is 385 g/mol. The minimum atomic E-state index is -0.648. The van der Waals surface area contributed by atoms with Crippen LogP contribution in [0.3, 0.4) is 0 Å². The maximum absolute atomic E-state index is 12.3. The minimum absolute atomic E-state index is 0.125. The van der Waals surface area contributed by atoms with E-state index in [4.69, 9.17) is 20.9 Å². The Balaban J connectivity index is 1.56. The lowest BCUT2D eigenvalue weighted by Crippen LogP contribution is -2.36. The highest BCUT2D eigenvalue weighted by Crippen LogP contribution is 2.20. The van der Waals surface area contributed by atoms with Crippen LogP contribution in [0.4, 0.5) is 0 Å². The number of rotatable bonds is 6. The van der Waals surface area contributed by atoms with Gasteiger partial charge in [0.25, 0.3) is 5.91 Å². The SMILES string of the molecule is Cc1ccc(O[C@H](C)C(=O)NCc2nc(-c3ccc(Cl)cc3)no2)c(C)c1. The minimum Gasteiger partial charge on any atom is -0.481 e. The molecule has 7 heteroatoms. The molecule has 0 aliphatic heterocycles. The van der Waals surface area contributed by atoms with E-state index in [1.165, 1.54) is 0 Å². The summed E-state index contributed by atoms with van der Waals surface area (Å²) in [5, 5.41) is 7.29. The molecular weight excluding hydrogens is 366 g/mol. The Kier molecular flexibility index (Phi) is 5.76. The first-order chi connectivity index (χ1) is 12.9. The van der Waals surface area contributed by atoms with Gasteiger partial charge in [-0.05, 0) is 56.7 Å². The second-order valence-electron chi connectivity index (χ2n) is 6.27. The molecule has 0 unspecified atom stereocenters. The van der Waals surface area contributed by atoms with E-state index < -0.39 is 6.10 Å². The van der Waals surface area contributed by atoms with Crippen LogP contribution >= 0.6 is 11.6 Å². The summed E-state index contributed by atoms with van der Waals surface area (Å²) in [6.07, 6.45) is -0.648. The van der Waals surface area contributed by atoms with Gasteiger partial charge < -0.3 is 14.6 Å². The van der Waals surface area contributed by atoms with Gasteiger partial charge in [-0.25, -0.2) is 0 Å². The van der Waals surface area contributed by atoms with Crippen LogP contribution in [0.2, 0.25) is 5.02 Å². The van der Waals surface area contributed by atoms with E-state index in [2.05, 4.69) is 15.5 Å². The van der Waals surface area contributed by atoms with E-state index in [0.717, 1.165) is 16.7 Å². The van der Waals surface area contributed by atoms with Gasteiger partial charge in [0.1, 0.15) is 5.75 Å². The molecule has 0 bridgehead atoms. The molecular formula is C20H20ClN3O3. The zero-order valence-electron chi connectivity index (χ0n) is 15.3. The summed E-state index contributed by atoms with van der Waals surface area (Å²) in [5.74, 6) is 1.18. The van der Waals surface area contributed by atoms with Gasteiger partial charge in [0.2, 0.25) is 11.7 Å². The molecule has 140 valence electrons. The van der Waals surface area contributed by atoms with Crippen molar-refractivity contribution in [3.8, 4) is 17.1 Å². The van der Waals surface area contributed by atoms with E-state index in [9.17, 15) is 4.79 Å². The summed E-state index contributed by atoms with van der Waals surface area (Å²) in [7, 11) is 0. The van der Waals surface area contributed by atoms with Crippen LogP contribution in [0.15, 0.2) is 47.0 Å². The zero-order chi connectivity index (χ0) is 19.4. The number of carbonyl (C=O) groups is 1. The summed E-state index contributed by atoms with van der Waals surface area (Å²) in [6.45, 7) is 5.78. The maximum Gasteiger partial charge on any atom is 0.261 e. The number of amides is 1. The topological polar surface area (TPSA) is 77.2 Å². The molecule has 0 spiro atoms. The van der Waals surface area contributed by atoms with E-state index >= 15 is 0 Å². The molecule has 3 aromatic rings. The Hall–Kier alpha value is -2.86. The predicted octanol–water partition coefficient (Wildman–Crippen LogP) is 4.09. The lowest BCUT2D eigenvalue weighted by Gasteiger charge is -2.16. The zero-order valence-corrected chi connectivity index (χ0v) is 16.1. The average Bonchev–Trinajstić information content (AvgIpc) is 3.11. The summed E-state index contributed by atoms with van der Waals surface area (Å²) in [5.41, 5.74) is 2.91. The van der Waals surface area contributed by atoms with Gasteiger partial charge in [-0.2, -0.15) is 4.98 Å². The highest BCUT2D eigenvalue weighted by Gasteiger charge is 2.17. The van der Waals surface area contributed by atoms with E-state index in [0.29, 0.717) is 22.5 Å². The first-order valence-corrected chi connectivity index (χ1v) is 8.90. The number of hydrogen-bond donors (Lipinski definition) is 1. The van der Waals surface area contributed by atoms with Gasteiger partial charge in [-0.15, -0.1) is 0 Å². The molecule has 0 aliphatic rings. The number of nitrogens with zero attached hydrogens (tertiary/aromatic N) is 2. The van der Waals surface area contributed by atoms with Gasteiger partial charge >= 0.3 is 0 Å². The lowest BCUT2D eigenvalue weighted by molar-refractivity contribution is -0.127. The molecule has 1 amide bonds. The van der Waals surface area contributed by atoms with Crippen molar-refractivity contribution >= 4 is 17.5 Å². The van der Waals surface area contributed by atoms with Crippen LogP contribution in [0.5, 0.6) is 5.75 Å². The molecule has 1 heterocycles. The van der Waals surface area contributed by atoms with Crippen molar-refractivity contribution in [2.24, 2.45) is 0 Å². The molecule has 1 atom stereocenters. The van der Waals surface area contributed by atoms with Crippen molar-refractivity contribution < 1.29 is 14.1 Å². The van der Waals surface area contributed by atoms with Crippen molar-refractivity contribution in [3.63, 3.8) is 0 Å². The first kappa shape index (κ1) is 18.9. The molecule has 0 fully saturated rings. The van der Waals surface area contributed by atoms with Crippen LogP contribution in [-0.4, -0.2) is 22.2 Å². The number of aromatic nitrogens is 2. The Morgan fingerprint density at radius 2 is 1.96 bits per heavy atom. The lowest BCUT2D eigenvalue weighted by atomic mass is 10.1. The summed E-state index contributed by atoms with van der Waals surface area (Å²) >= 11 is 5.87. The highest BCUT2D eigenvalue weighted by atomic mass is 35.5. The number of aryl methyl sites for hydroxylation is 2. The van der Waals surface area contributed by atoms with Gasteiger partial charge in [-0.1, -0.05) is 34.5 Å². The molecule has 0 aliphatic carbocycles. The molecule has 6 nitrogen and oxygen atoms in total.